The Morgan fingerprint density at radius 1 is 1.40 bits per heavy atom. The molecule has 0 amide bonds. The maximum absolute atomic E-state index is 3.91. The van der Waals surface area contributed by atoms with Gasteiger partial charge in [0, 0.05) is 12.4 Å². The van der Waals surface area contributed by atoms with Crippen LogP contribution in [0.15, 0.2) is 36.7 Å². The highest BCUT2D eigenvalue weighted by atomic mass is 14.6. The van der Waals surface area contributed by atoms with Crippen molar-refractivity contribution in [2.24, 2.45) is 0 Å². The molecule has 0 atom stereocenters. The molecule has 0 aromatic carbocycles. The lowest BCUT2D eigenvalue weighted by Gasteiger charge is -1.91. The van der Waals surface area contributed by atoms with Crippen molar-refractivity contribution in [2.75, 3.05) is 0 Å². The van der Waals surface area contributed by atoms with Gasteiger partial charge in [0.15, 0.2) is 0 Å². The molecular formula is C9H10N. The molecule has 0 saturated heterocycles. The van der Waals surface area contributed by atoms with E-state index in [9.17, 15) is 0 Å². The summed E-state index contributed by atoms with van der Waals surface area (Å²) in [7, 11) is 0. The minimum atomic E-state index is 0.950. The van der Waals surface area contributed by atoms with Gasteiger partial charge in [-0.1, -0.05) is 12.2 Å². The lowest BCUT2D eigenvalue weighted by molar-refractivity contribution is 1.21. The highest BCUT2D eigenvalue weighted by molar-refractivity contribution is 5.13. The third-order valence-electron chi connectivity index (χ3n) is 1.27. The molecule has 1 aromatic rings. The van der Waals surface area contributed by atoms with Crippen LogP contribution in [0, 0.1) is 6.92 Å². The molecule has 0 unspecified atom stereocenters. The van der Waals surface area contributed by atoms with E-state index in [-0.39, 0.29) is 0 Å². The van der Waals surface area contributed by atoms with Crippen LogP contribution in [-0.2, 0) is 6.42 Å². The van der Waals surface area contributed by atoms with Crippen molar-refractivity contribution in [2.45, 2.75) is 6.42 Å². The molecular weight excluding hydrogens is 122 g/mol. The Balaban J connectivity index is 2.59. The second kappa shape index (κ2) is 3.83. The normalized spacial score (nSPS) is 10.5. The molecule has 10 heavy (non-hydrogen) atoms. The first-order valence-electron chi connectivity index (χ1n) is 3.26. The molecule has 0 N–H and O–H groups in total. The molecule has 1 radical (unpaired) electrons. The van der Waals surface area contributed by atoms with E-state index in [0.717, 1.165) is 6.42 Å². The molecule has 0 aliphatic rings. The van der Waals surface area contributed by atoms with Crippen LogP contribution < -0.4 is 0 Å². The van der Waals surface area contributed by atoms with Crippen molar-refractivity contribution < 1.29 is 0 Å². The van der Waals surface area contributed by atoms with Crippen molar-refractivity contribution >= 4 is 0 Å². The number of hydrogen-bond acceptors (Lipinski definition) is 1. The Labute approximate surface area is 61.4 Å². The van der Waals surface area contributed by atoms with Crippen molar-refractivity contribution in [3.05, 3.63) is 49.2 Å². The van der Waals surface area contributed by atoms with Gasteiger partial charge in [-0.25, -0.2) is 0 Å². The van der Waals surface area contributed by atoms with Gasteiger partial charge < -0.3 is 0 Å². The summed E-state index contributed by atoms with van der Waals surface area (Å²) in [4.78, 5) is 3.91. The molecule has 1 nitrogen and oxygen atoms in total. The SMILES string of the molecule is [CH2]C=CCc1ccncc1. The fourth-order valence-electron chi connectivity index (χ4n) is 0.738. The number of allylic oxidation sites excluding steroid dienone is 2. The fraction of sp³-hybridized carbons (Fsp3) is 0.111. The first-order chi connectivity index (χ1) is 4.93. The van der Waals surface area contributed by atoms with Gasteiger partial charge in [0.05, 0.1) is 0 Å². The van der Waals surface area contributed by atoms with E-state index in [4.69, 9.17) is 0 Å². The molecule has 1 heteroatoms. The summed E-state index contributed by atoms with van der Waals surface area (Å²) in [5.41, 5.74) is 1.27. The van der Waals surface area contributed by atoms with Crippen LogP contribution in [0.4, 0.5) is 0 Å². The lowest BCUT2D eigenvalue weighted by Crippen LogP contribution is -1.79. The van der Waals surface area contributed by atoms with Crippen molar-refractivity contribution in [3.63, 3.8) is 0 Å². The molecule has 51 valence electrons. The molecule has 1 rings (SSSR count). The standard InChI is InChI=1S/C9H10N/c1-2-3-4-9-5-7-10-8-6-9/h2-3,5-8H,1,4H2. The van der Waals surface area contributed by atoms with Crippen LogP contribution in [0.1, 0.15) is 5.56 Å². The molecule has 0 bridgehead atoms. The first-order valence-corrected chi connectivity index (χ1v) is 3.26. The zero-order valence-corrected chi connectivity index (χ0v) is 5.83. The third-order valence-corrected chi connectivity index (χ3v) is 1.27. The predicted molar refractivity (Wildman–Crippen MR) is 42.4 cm³/mol. The van der Waals surface area contributed by atoms with Crippen molar-refractivity contribution in [3.8, 4) is 0 Å². The van der Waals surface area contributed by atoms with Crippen LogP contribution in [0.3, 0.4) is 0 Å². The highest BCUT2D eigenvalue weighted by Crippen LogP contribution is 1.97. The second-order valence-electron chi connectivity index (χ2n) is 2.03. The molecule has 0 aliphatic carbocycles. The lowest BCUT2D eigenvalue weighted by atomic mass is 10.2. The third kappa shape index (κ3) is 2.02. The molecule has 1 heterocycles. The topological polar surface area (TPSA) is 12.9 Å². The van der Waals surface area contributed by atoms with Crippen LogP contribution >= 0.6 is 0 Å². The largest absolute Gasteiger partial charge is 0.265 e. The van der Waals surface area contributed by atoms with E-state index in [2.05, 4.69) is 11.9 Å². The average molecular weight is 132 g/mol. The smallest absolute Gasteiger partial charge is 0.0270 e. The predicted octanol–water partition coefficient (Wildman–Crippen LogP) is 2.01. The Morgan fingerprint density at radius 3 is 2.70 bits per heavy atom. The quantitative estimate of drug-likeness (QED) is 0.600. The molecule has 0 spiro atoms. The van der Waals surface area contributed by atoms with Gasteiger partial charge in [-0.3, -0.25) is 4.98 Å². The number of hydrogen-bond donors (Lipinski definition) is 0. The molecule has 0 aliphatic heterocycles. The van der Waals surface area contributed by atoms with Crippen molar-refractivity contribution in [1.82, 2.24) is 4.98 Å². The van der Waals surface area contributed by atoms with Gasteiger partial charge in [-0.05, 0) is 31.0 Å². The van der Waals surface area contributed by atoms with Gasteiger partial charge in [0.25, 0.3) is 0 Å². The Kier molecular flexibility index (Phi) is 2.68. The van der Waals surface area contributed by atoms with E-state index in [0.29, 0.717) is 0 Å². The number of pyridine rings is 1. The highest BCUT2D eigenvalue weighted by Gasteiger charge is 1.83. The van der Waals surface area contributed by atoms with Crippen LogP contribution in [0.25, 0.3) is 0 Å². The van der Waals surface area contributed by atoms with Gasteiger partial charge in [0.1, 0.15) is 0 Å². The maximum Gasteiger partial charge on any atom is 0.0270 e. The Bertz CT molecular complexity index is 201. The van der Waals surface area contributed by atoms with E-state index in [1.54, 1.807) is 18.5 Å². The first kappa shape index (κ1) is 7.00. The van der Waals surface area contributed by atoms with Gasteiger partial charge in [0.2, 0.25) is 0 Å². The molecule has 0 saturated carbocycles. The van der Waals surface area contributed by atoms with E-state index in [1.807, 2.05) is 18.2 Å². The van der Waals surface area contributed by atoms with Gasteiger partial charge in [-0.2, -0.15) is 0 Å². The zero-order chi connectivity index (χ0) is 7.23. The van der Waals surface area contributed by atoms with Crippen LogP contribution in [0.5, 0.6) is 0 Å². The number of nitrogens with zero attached hydrogens (tertiary/aromatic N) is 1. The average Bonchev–Trinajstić information content (AvgIpc) is 2.03. The van der Waals surface area contributed by atoms with Crippen molar-refractivity contribution in [1.29, 1.82) is 0 Å². The summed E-state index contributed by atoms with van der Waals surface area (Å²) in [5, 5.41) is 0. The van der Waals surface area contributed by atoms with E-state index < -0.39 is 0 Å². The van der Waals surface area contributed by atoms with Gasteiger partial charge >= 0.3 is 0 Å². The molecule has 0 fully saturated rings. The summed E-state index contributed by atoms with van der Waals surface area (Å²) in [6.45, 7) is 3.60. The number of rotatable bonds is 2. The number of aromatic nitrogens is 1. The Hall–Kier alpha value is -1.11. The van der Waals surface area contributed by atoms with Crippen LogP contribution in [0.2, 0.25) is 0 Å². The summed E-state index contributed by atoms with van der Waals surface area (Å²) in [5.74, 6) is 0. The summed E-state index contributed by atoms with van der Waals surface area (Å²) in [6.07, 6.45) is 8.38. The van der Waals surface area contributed by atoms with E-state index in [1.165, 1.54) is 5.56 Å². The minimum Gasteiger partial charge on any atom is -0.265 e. The van der Waals surface area contributed by atoms with E-state index >= 15 is 0 Å². The summed E-state index contributed by atoms with van der Waals surface area (Å²) >= 11 is 0. The molecule has 1 aromatic heterocycles. The monoisotopic (exact) mass is 132 g/mol. The second-order valence-corrected chi connectivity index (χ2v) is 2.03. The Morgan fingerprint density at radius 2 is 2.10 bits per heavy atom. The minimum absolute atomic E-state index is 0.950. The summed E-state index contributed by atoms with van der Waals surface area (Å²) < 4.78 is 0. The fourth-order valence-corrected chi connectivity index (χ4v) is 0.738. The van der Waals surface area contributed by atoms with Crippen LogP contribution in [-0.4, -0.2) is 4.98 Å². The summed E-state index contributed by atoms with van der Waals surface area (Å²) in [6, 6.07) is 4.00. The zero-order valence-electron chi connectivity index (χ0n) is 5.83. The van der Waals surface area contributed by atoms with Gasteiger partial charge in [-0.15, -0.1) is 0 Å². The maximum atomic E-state index is 3.91.